The molecule has 3 nitrogen and oxygen atoms in total. The van der Waals surface area contributed by atoms with Crippen molar-refractivity contribution in [3.8, 4) is 0 Å². The van der Waals surface area contributed by atoms with Crippen LogP contribution in [0.5, 0.6) is 0 Å². The van der Waals surface area contributed by atoms with Crippen LogP contribution >= 0.6 is 0 Å². The Balaban J connectivity index is 1.95. The van der Waals surface area contributed by atoms with Gasteiger partial charge in [-0.1, -0.05) is 0 Å². The van der Waals surface area contributed by atoms with Crippen LogP contribution in [-0.4, -0.2) is 41.9 Å². The molecule has 1 aliphatic rings. The standard InChI is InChI=1S/C12H19FN2O/c1-14-5-2-4-11(14)9-15-6-3-7-16-12(8-13)10-15/h2,4-5,12H,3,6-10H2,1H3/t12-/m1/s1. The number of nitrogens with zero attached hydrogens (tertiary/aromatic N) is 2. The summed E-state index contributed by atoms with van der Waals surface area (Å²) in [4.78, 5) is 2.27. The van der Waals surface area contributed by atoms with Crippen LogP contribution < -0.4 is 0 Å². The van der Waals surface area contributed by atoms with Crippen LogP contribution in [0.25, 0.3) is 0 Å². The number of rotatable bonds is 3. The third kappa shape index (κ3) is 2.83. The van der Waals surface area contributed by atoms with E-state index in [1.807, 2.05) is 19.3 Å². The number of alkyl halides is 1. The van der Waals surface area contributed by atoms with Crippen molar-refractivity contribution in [2.24, 2.45) is 7.05 Å². The molecule has 0 amide bonds. The smallest absolute Gasteiger partial charge is 0.117 e. The molecule has 1 aromatic rings. The predicted molar refractivity (Wildman–Crippen MR) is 61.0 cm³/mol. The fourth-order valence-electron chi connectivity index (χ4n) is 2.10. The molecule has 0 radical (unpaired) electrons. The number of aryl methyl sites for hydroxylation is 1. The first kappa shape index (κ1) is 11.6. The Hall–Kier alpha value is -0.870. The molecule has 1 atom stereocenters. The van der Waals surface area contributed by atoms with Crippen molar-refractivity contribution in [2.75, 3.05) is 26.4 Å². The van der Waals surface area contributed by atoms with E-state index < -0.39 is 0 Å². The number of aromatic nitrogens is 1. The molecule has 2 rings (SSSR count). The largest absolute Gasteiger partial charge is 0.374 e. The molecule has 2 heterocycles. The van der Waals surface area contributed by atoms with Gasteiger partial charge in [-0.25, -0.2) is 4.39 Å². The van der Waals surface area contributed by atoms with Crippen molar-refractivity contribution in [1.82, 2.24) is 9.47 Å². The lowest BCUT2D eigenvalue weighted by atomic mass is 10.3. The SMILES string of the molecule is Cn1cccc1CN1CCCO[C@H](CF)C1. The molecule has 0 bridgehead atoms. The molecular formula is C12H19FN2O. The molecule has 0 spiro atoms. The van der Waals surface area contributed by atoms with Gasteiger partial charge >= 0.3 is 0 Å². The van der Waals surface area contributed by atoms with E-state index in [-0.39, 0.29) is 12.8 Å². The van der Waals surface area contributed by atoms with Crippen LogP contribution in [0.4, 0.5) is 4.39 Å². The first-order valence-electron chi connectivity index (χ1n) is 5.79. The summed E-state index contributed by atoms with van der Waals surface area (Å²) < 4.78 is 20.1. The Kier molecular flexibility index (Phi) is 3.96. The van der Waals surface area contributed by atoms with E-state index in [1.54, 1.807) is 0 Å². The van der Waals surface area contributed by atoms with E-state index in [4.69, 9.17) is 4.74 Å². The van der Waals surface area contributed by atoms with Gasteiger partial charge in [0.25, 0.3) is 0 Å². The normalized spacial score (nSPS) is 23.2. The third-order valence-corrected chi connectivity index (χ3v) is 3.04. The molecular weight excluding hydrogens is 207 g/mol. The van der Waals surface area contributed by atoms with Gasteiger partial charge in [0.05, 0.1) is 6.10 Å². The van der Waals surface area contributed by atoms with E-state index in [0.29, 0.717) is 13.2 Å². The average molecular weight is 226 g/mol. The Morgan fingerprint density at radius 3 is 3.12 bits per heavy atom. The van der Waals surface area contributed by atoms with Crippen LogP contribution in [0, 0.1) is 0 Å². The van der Waals surface area contributed by atoms with Crippen molar-refractivity contribution in [2.45, 2.75) is 19.1 Å². The first-order chi connectivity index (χ1) is 7.79. The van der Waals surface area contributed by atoms with Crippen LogP contribution in [0.1, 0.15) is 12.1 Å². The summed E-state index contributed by atoms with van der Waals surface area (Å²) in [6.45, 7) is 2.86. The predicted octanol–water partition coefficient (Wildman–Crippen LogP) is 1.59. The molecule has 90 valence electrons. The summed E-state index contributed by atoms with van der Waals surface area (Å²) in [7, 11) is 2.04. The van der Waals surface area contributed by atoms with Crippen molar-refractivity contribution in [3.63, 3.8) is 0 Å². The molecule has 1 fully saturated rings. The molecule has 0 saturated carbocycles. The van der Waals surface area contributed by atoms with Crippen LogP contribution in [0.3, 0.4) is 0 Å². The molecule has 0 aliphatic carbocycles. The molecule has 0 unspecified atom stereocenters. The van der Waals surface area contributed by atoms with Crippen LogP contribution in [-0.2, 0) is 18.3 Å². The van der Waals surface area contributed by atoms with Crippen molar-refractivity contribution >= 4 is 0 Å². The van der Waals surface area contributed by atoms with Crippen molar-refractivity contribution < 1.29 is 9.13 Å². The number of halogens is 1. The quantitative estimate of drug-likeness (QED) is 0.778. The molecule has 1 aromatic heterocycles. The van der Waals surface area contributed by atoms with E-state index >= 15 is 0 Å². The van der Waals surface area contributed by atoms with Gasteiger partial charge in [-0.15, -0.1) is 0 Å². The van der Waals surface area contributed by atoms with Crippen molar-refractivity contribution in [1.29, 1.82) is 0 Å². The van der Waals surface area contributed by atoms with Gasteiger partial charge in [0.15, 0.2) is 0 Å². The van der Waals surface area contributed by atoms with E-state index in [2.05, 4.69) is 15.5 Å². The van der Waals surface area contributed by atoms with Crippen LogP contribution in [0.2, 0.25) is 0 Å². The summed E-state index contributed by atoms with van der Waals surface area (Å²) in [5.41, 5.74) is 1.26. The minimum Gasteiger partial charge on any atom is -0.374 e. The first-order valence-corrected chi connectivity index (χ1v) is 5.79. The number of hydrogen-bond acceptors (Lipinski definition) is 2. The minimum absolute atomic E-state index is 0.247. The van der Waals surface area contributed by atoms with E-state index in [9.17, 15) is 4.39 Å². The van der Waals surface area contributed by atoms with Gasteiger partial charge in [0.2, 0.25) is 0 Å². The summed E-state index contributed by atoms with van der Waals surface area (Å²) in [5, 5.41) is 0. The van der Waals surface area contributed by atoms with Crippen molar-refractivity contribution in [3.05, 3.63) is 24.0 Å². The maximum atomic E-state index is 12.6. The lowest BCUT2D eigenvalue weighted by molar-refractivity contribution is 0.0357. The summed E-state index contributed by atoms with van der Waals surface area (Å²) in [6, 6.07) is 4.15. The Morgan fingerprint density at radius 2 is 2.44 bits per heavy atom. The zero-order valence-corrected chi connectivity index (χ0v) is 9.73. The topological polar surface area (TPSA) is 17.4 Å². The lowest BCUT2D eigenvalue weighted by Crippen LogP contribution is -2.33. The highest BCUT2D eigenvalue weighted by Crippen LogP contribution is 2.11. The lowest BCUT2D eigenvalue weighted by Gasteiger charge is -2.22. The van der Waals surface area contributed by atoms with E-state index in [0.717, 1.165) is 19.5 Å². The van der Waals surface area contributed by atoms with Gasteiger partial charge < -0.3 is 9.30 Å². The highest BCUT2D eigenvalue weighted by atomic mass is 19.1. The highest BCUT2D eigenvalue weighted by Gasteiger charge is 2.18. The molecule has 1 saturated heterocycles. The maximum Gasteiger partial charge on any atom is 0.117 e. The fraction of sp³-hybridized carbons (Fsp3) is 0.667. The van der Waals surface area contributed by atoms with E-state index in [1.165, 1.54) is 5.69 Å². The summed E-state index contributed by atoms with van der Waals surface area (Å²) >= 11 is 0. The summed E-state index contributed by atoms with van der Waals surface area (Å²) in [5.74, 6) is 0. The number of ether oxygens (including phenoxy) is 1. The molecule has 1 aliphatic heterocycles. The fourth-order valence-corrected chi connectivity index (χ4v) is 2.10. The molecule has 0 aromatic carbocycles. The third-order valence-electron chi connectivity index (χ3n) is 3.04. The van der Waals surface area contributed by atoms with Crippen LogP contribution in [0.15, 0.2) is 18.3 Å². The summed E-state index contributed by atoms with van der Waals surface area (Å²) in [6.07, 6.45) is 2.78. The number of hydrogen-bond donors (Lipinski definition) is 0. The zero-order chi connectivity index (χ0) is 11.4. The monoisotopic (exact) mass is 226 g/mol. The Bertz CT molecular complexity index is 327. The van der Waals surface area contributed by atoms with Gasteiger partial charge in [0.1, 0.15) is 6.67 Å². The second-order valence-electron chi connectivity index (χ2n) is 4.35. The maximum absolute atomic E-state index is 12.6. The second-order valence-corrected chi connectivity index (χ2v) is 4.35. The molecule has 16 heavy (non-hydrogen) atoms. The zero-order valence-electron chi connectivity index (χ0n) is 9.73. The van der Waals surface area contributed by atoms with Gasteiger partial charge in [-0.2, -0.15) is 0 Å². The Labute approximate surface area is 95.8 Å². The highest BCUT2D eigenvalue weighted by molar-refractivity contribution is 5.06. The van der Waals surface area contributed by atoms with Gasteiger partial charge in [0, 0.05) is 45.2 Å². The molecule has 4 heteroatoms. The second kappa shape index (κ2) is 5.46. The average Bonchev–Trinajstić information content (AvgIpc) is 2.55. The van der Waals surface area contributed by atoms with Gasteiger partial charge in [-0.3, -0.25) is 4.90 Å². The van der Waals surface area contributed by atoms with Gasteiger partial charge in [-0.05, 0) is 18.6 Å². The molecule has 0 N–H and O–H groups in total. The minimum atomic E-state index is -0.385. The Morgan fingerprint density at radius 1 is 1.56 bits per heavy atom.